The van der Waals surface area contributed by atoms with Crippen LogP contribution in [0.5, 0.6) is 5.75 Å². The van der Waals surface area contributed by atoms with E-state index in [1.54, 1.807) is 18.3 Å². The minimum absolute atomic E-state index is 0.0619. The molecular weight excluding hydrogens is 342 g/mol. The fourth-order valence-electron chi connectivity index (χ4n) is 4.11. The minimum atomic E-state index is 0.0619. The van der Waals surface area contributed by atoms with E-state index < -0.39 is 0 Å². The summed E-state index contributed by atoms with van der Waals surface area (Å²) in [5.74, 6) is 1.12. The lowest BCUT2D eigenvalue weighted by Crippen LogP contribution is -2.36. The van der Waals surface area contributed by atoms with Crippen molar-refractivity contribution in [3.05, 3.63) is 48.2 Å². The smallest absolute Gasteiger partial charge is 0.174 e. The second-order valence-corrected chi connectivity index (χ2v) is 7.09. The third kappa shape index (κ3) is 2.66. The number of fused-ring (bicyclic) bond motifs is 1. The SMILES string of the molecule is C[C@@H]1CC[C@H](C)N1c1c(/C(N)=N/O)c2cccnc2n1-c1ccc(O)cc1. The van der Waals surface area contributed by atoms with Gasteiger partial charge in [0.05, 0.1) is 5.56 Å². The van der Waals surface area contributed by atoms with Crippen LogP contribution in [0.3, 0.4) is 0 Å². The van der Waals surface area contributed by atoms with Gasteiger partial charge in [0, 0.05) is 29.4 Å². The fourth-order valence-corrected chi connectivity index (χ4v) is 4.11. The molecule has 2 aromatic heterocycles. The zero-order chi connectivity index (χ0) is 19.1. The summed E-state index contributed by atoms with van der Waals surface area (Å²) in [5.41, 5.74) is 8.39. The zero-order valence-corrected chi connectivity index (χ0v) is 15.4. The Morgan fingerprint density at radius 2 is 1.81 bits per heavy atom. The molecule has 4 N–H and O–H groups in total. The zero-order valence-electron chi connectivity index (χ0n) is 15.4. The van der Waals surface area contributed by atoms with E-state index in [4.69, 9.17) is 5.73 Å². The molecule has 1 aromatic carbocycles. The predicted octanol–water partition coefficient (Wildman–Crippen LogP) is 3.20. The average Bonchev–Trinajstić information content (AvgIpc) is 3.18. The van der Waals surface area contributed by atoms with Gasteiger partial charge in [-0.3, -0.25) is 4.57 Å². The lowest BCUT2D eigenvalue weighted by atomic mass is 10.1. The summed E-state index contributed by atoms with van der Waals surface area (Å²) in [4.78, 5) is 6.90. The van der Waals surface area contributed by atoms with Crippen molar-refractivity contribution in [2.45, 2.75) is 38.8 Å². The summed E-state index contributed by atoms with van der Waals surface area (Å²) >= 11 is 0. The number of aromatic nitrogens is 2. The highest BCUT2D eigenvalue weighted by atomic mass is 16.4. The number of hydrogen-bond donors (Lipinski definition) is 3. The molecule has 140 valence electrons. The summed E-state index contributed by atoms with van der Waals surface area (Å²) in [5, 5.41) is 23.3. The molecular formula is C20H23N5O2. The Bertz CT molecular complexity index is 999. The molecule has 3 aromatic rings. The van der Waals surface area contributed by atoms with E-state index in [0.717, 1.165) is 35.4 Å². The molecule has 3 heterocycles. The molecule has 7 nitrogen and oxygen atoms in total. The van der Waals surface area contributed by atoms with Gasteiger partial charge in [0.15, 0.2) is 5.84 Å². The Labute approximate surface area is 157 Å². The number of amidine groups is 1. The number of nitrogens with zero attached hydrogens (tertiary/aromatic N) is 4. The monoisotopic (exact) mass is 365 g/mol. The van der Waals surface area contributed by atoms with Crippen molar-refractivity contribution in [3.8, 4) is 11.4 Å². The van der Waals surface area contributed by atoms with Crippen molar-refractivity contribution in [3.63, 3.8) is 0 Å². The van der Waals surface area contributed by atoms with E-state index >= 15 is 0 Å². The number of phenolic OH excluding ortho intramolecular Hbond substituents is 1. The second-order valence-electron chi connectivity index (χ2n) is 7.09. The van der Waals surface area contributed by atoms with Crippen LogP contribution in [0.1, 0.15) is 32.3 Å². The molecule has 1 aliphatic heterocycles. The van der Waals surface area contributed by atoms with Crippen LogP contribution in [0.4, 0.5) is 5.82 Å². The van der Waals surface area contributed by atoms with Crippen LogP contribution in [-0.2, 0) is 0 Å². The third-order valence-electron chi connectivity index (χ3n) is 5.37. The molecule has 0 amide bonds. The van der Waals surface area contributed by atoms with E-state index in [2.05, 4.69) is 28.9 Å². The summed E-state index contributed by atoms with van der Waals surface area (Å²) < 4.78 is 2.03. The summed E-state index contributed by atoms with van der Waals surface area (Å²) in [6.07, 6.45) is 3.87. The standard InChI is InChI=1S/C20H23N5O2/c1-12-5-6-13(2)24(12)20-17(18(21)23-27)16-4-3-11-22-19(16)25(20)14-7-9-15(26)10-8-14/h3-4,7-13,26-27H,5-6H2,1-2H3,(H2,21,23)/t12-,13+. The van der Waals surface area contributed by atoms with Gasteiger partial charge >= 0.3 is 0 Å². The van der Waals surface area contributed by atoms with Crippen LogP contribution in [0, 0.1) is 0 Å². The Balaban J connectivity index is 2.11. The maximum absolute atomic E-state index is 9.71. The highest BCUT2D eigenvalue weighted by Gasteiger charge is 2.34. The molecule has 0 saturated carbocycles. The molecule has 2 atom stereocenters. The van der Waals surface area contributed by atoms with E-state index in [1.807, 2.05) is 28.8 Å². The van der Waals surface area contributed by atoms with Gasteiger partial charge in [-0.25, -0.2) is 4.98 Å². The predicted molar refractivity (Wildman–Crippen MR) is 106 cm³/mol. The molecule has 1 aliphatic rings. The molecule has 0 unspecified atom stereocenters. The largest absolute Gasteiger partial charge is 0.508 e. The van der Waals surface area contributed by atoms with Gasteiger partial charge in [0.1, 0.15) is 17.2 Å². The number of rotatable bonds is 3. The third-order valence-corrected chi connectivity index (χ3v) is 5.37. The van der Waals surface area contributed by atoms with Crippen LogP contribution in [-0.4, -0.2) is 37.8 Å². The van der Waals surface area contributed by atoms with E-state index in [1.165, 1.54) is 0 Å². The maximum atomic E-state index is 9.71. The number of hydrogen-bond acceptors (Lipinski definition) is 5. The number of anilines is 1. The maximum Gasteiger partial charge on any atom is 0.174 e. The van der Waals surface area contributed by atoms with Gasteiger partial charge in [-0.05, 0) is 63.1 Å². The Kier molecular flexibility index (Phi) is 4.14. The van der Waals surface area contributed by atoms with Crippen LogP contribution in [0.15, 0.2) is 47.8 Å². The Hall–Kier alpha value is -3.22. The second kappa shape index (κ2) is 6.50. The first-order valence-corrected chi connectivity index (χ1v) is 9.08. The topological polar surface area (TPSA) is 99.9 Å². The van der Waals surface area contributed by atoms with Crippen molar-refractivity contribution >= 4 is 22.7 Å². The minimum Gasteiger partial charge on any atom is -0.508 e. The molecule has 0 radical (unpaired) electrons. The molecule has 1 fully saturated rings. The van der Waals surface area contributed by atoms with Crippen molar-refractivity contribution in [2.75, 3.05) is 4.90 Å². The molecule has 0 spiro atoms. The van der Waals surface area contributed by atoms with E-state index in [-0.39, 0.29) is 11.6 Å². The van der Waals surface area contributed by atoms with Crippen molar-refractivity contribution < 1.29 is 10.3 Å². The van der Waals surface area contributed by atoms with E-state index in [0.29, 0.717) is 17.6 Å². The van der Waals surface area contributed by atoms with Gasteiger partial charge < -0.3 is 20.9 Å². The average molecular weight is 365 g/mol. The fraction of sp³-hybridized carbons (Fsp3) is 0.300. The number of aromatic hydroxyl groups is 1. The first-order valence-electron chi connectivity index (χ1n) is 9.08. The Morgan fingerprint density at radius 3 is 2.44 bits per heavy atom. The number of phenols is 1. The molecule has 4 rings (SSSR count). The highest BCUT2D eigenvalue weighted by molar-refractivity contribution is 6.13. The highest BCUT2D eigenvalue weighted by Crippen LogP contribution is 2.40. The van der Waals surface area contributed by atoms with Crippen LogP contribution >= 0.6 is 0 Å². The summed E-state index contributed by atoms with van der Waals surface area (Å²) in [6, 6.07) is 11.4. The molecule has 27 heavy (non-hydrogen) atoms. The lowest BCUT2D eigenvalue weighted by molar-refractivity contribution is 0.318. The van der Waals surface area contributed by atoms with Crippen LogP contribution in [0.25, 0.3) is 16.7 Å². The summed E-state index contributed by atoms with van der Waals surface area (Å²) in [6.45, 7) is 4.37. The quantitative estimate of drug-likeness (QED) is 0.286. The number of benzene rings is 1. The van der Waals surface area contributed by atoms with Crippen molar-refractivity contribution in [1.82, 2.24) is 9.55 Å². The molecule has 0 bridgehead atoms. The van der Waals surface area contributed by atoms with Crippen molar-refractivity contribution in [2.24, 2.45) is 10.9 Å². The van der Waals surface area contributed by atoms with Gasteiger partial charge in [-0.1, -0.05) is 5.16 Å². The van der Waals surface area contributed by atoms with E-state index in [9.17, 15) is 10.3 Å². The number of oxime groups is 1. The van der Waals surface area contributed by atoms with Gasteiger partial charge in [0.2, 0.25) is 0 Å². The van der Waals surface area contributed by atoms with Gasteiger partial charge in [0.25, 0.3) is 0 Å². The van der Waals surface area contributed by atoms with Crippen molar-refractivity contribution in [1.29, 1.82) is 0 Å². The first kappa shape index (κ1) is 17.2. The molecule has 1 saturated heterocycles. The molecule has 0 aliphatic carbocycles. The Morgan fingerprint density at radius 1 is 1.15 bits per heavy atom. The number of pyridine rings is 1. The van der Waals surface area contributed by atoms with Crippen LogP contribution in [0.2, 0.25) is 0 Å². The van der Waals surface area contributed by atoms with Crippen LogP contribution < -0.4 is 10.6 Å². The summed E-state index contributed by atoms with van der Waals surface area (Å²) in [7, 11) is 0. The molecule has 7 heteroatoms. The first-order chi connectivity index (χ1) is 13.0. The van der Waals surface area contributed by atoms with Gasteiger partial charge in [-0.15, -0.1) is 0 Å². The normalized spacial score (nSPS) is 20.5. The van der Waals surface area contributed by atoms with Gasteiger partial charge in [-0.2, -0.15) is 0 Å². The number of nitrogens with two attached hydrogens (primary N) is 1. The lowest BCUT2D eigenvalue weighted by Gasteiger charge is -2.31.